The maximum absolute atomic E-state index is 10.4. The van der Waals surface area contributed by atoms with E-state index in [2.05, 4.69) is 15.2 Å². The molecule has 0 fully saturated rings. The van der Waals surface area contributed by atoms with Gasteiger partial charge in [-0.25, -0.2) is 4.57 Å². The Hall–Kier alpha value is -3.74. The van der Waals surface area contributed by atoms with Crippen LogP contribution in [-0.4, -0.2) is 34.5 Å². The van der Waals surface area contributed by atoms with Gasteiger partial charge in [-0.3, -0.25) is 0 Å². The molecule has 2 aromatic carbocycles. The lowest BCUT2D eigenvalue weighted by atomic mass is 10.1. The van der Waals surface area contributed by atoms with Crippen molar-refractivity contribution >= 4 is 21.8 Å². The van der Waals surface area contributed by atoms with Crippen molar-refractivity contribution in [3.63, 3.8) is 0 Å². The SMILES string of the molecule is Cn1ccc2cc(-n3c(O)nnc3-c3cc4cc[nH]c4cc3O)ccc21. The molecule has 0 atom stereocenters. The molecular formula is C19H15N5O2. The lowest BCUT2D eigenvalue weighted by Crippen LogP contribution is -1.98. The highest BCUT2D eigenvalue weighted by molar-refractivity contribution is 5.88. The molecule has 5 rings (SSSR count). The first-order valence-electron chi connectivity index (χ1n) is 8.12. The number of aryl methyl sites for hydroxylation is 1. The number of aromatic amines is 1. The Morgan fingerprint density at radius 3 is 2.73 bits per heavy atom. The molecule has 0 saturated heterocycles. The normalized spacial score (nSPS) is 11.6. The molecule has 0 aliphatic rings. The second-order valence-electron chi connectivity index (χ2n) is 6.26. The number of hydrogen-bond donors (Lipinski definition) is 3. The highest BCUT2D eigenvalue weighted by Gasteiger charge is 2.19. The fraction of sp³-hybridized carbons (Fsp3) is 0.0526. The third kappa shape index (κ3) is 2.00. The average Bonchev–Trinajstić information content (AvgIpc) is 3.33. The van der Waals surface area contributed by atoms with Crippen LogP contribution in [0.2, 0.25) is 0 Å². The number of fused-ring (bicyclic) bond motifs is 2. The van der Waals surface area contributed by atoms with Gasteiger partial charge in [0.2, 0.25) is 0 Å². The molecule has 3 heterocycles. The van der Waals surface area contributed by atoms with Gasteiger partial charge in [-0.05, 0) is 36.4 Å². The van der Waals surface area contributed by atoms with Crippen molar-refractivity contribution in [1.29, 1.82) is 0 Å². The van der Waals surface area contributed by atoms with Gasteiger partial charge in [0, 0.05) is 47.3 Å². The minimum Gasteiger partial charge on any atom is -0.507 e. The molecule has 26 heavy (non-hydrogen) atoms. The van der Waals surface area contributed by atoms with Crippen molar-refractivity contribution in [3.8, 4) is 28.8 Å². The topological polar surface area (TPSA) is 91.9 Å². The minimum absolute atomic E-state index is 0.0642. The van der Waals surface area contributed by atoms with Gasteiger partial charge in [0.25, 0.3) is 0 Å². The van der Waals surface area contributed by atoms with Gasteiger partial charge in [0.05, 0.1) is 11.3 Å². The Morgan fingerprint density at radius 2 is 1.85 bits per heavy atom. The summed E-state index contributed by atoms with van der Waals surface area (Å²) in [5, 5.41) is 30.6. The first-order chi connectivity index (χ1) is 12.6. The van der Waals surface area contributed by atoms with Crippen molar-refractivity contribution in [2.45, 2.75) is 0 Å². The number of aromatic nitrogens is 5. The van der Waals surface area contributed by atoms with Crippen molar-refractivity contribution in [2.24, 2.45) is 7.05 Å². The molecular weight excluding hydrogens is 330 g/mol. The molecule has 0 radical (unpaired) electrons. The van der Waals surface area contributed by atoms with Crippen molar-refractivity contribution < 1.29 is 10.2 Å². The Kier molecular flexibility index (Phi) is 2.88. The summed E-state index contributed by atoms with van der Waals surface area (Å²) in [5.41, 5.74) is 3.12. The number of rotatable bonds is 2. The summed E-state index contributed by atoms with van der Waals surface area (Å²) in [6.07, 6.45) is 3.78. The first kappa shape index (κ1) is 14.6. The van der Waals surface area contributed by atoms with E-state index < -0.39 is 0 Å². The maximum Gasteiger partial charge on any atom is 0.319 e. The number of aromatic hydroxyl groups is 2. The number of phenols is 1. The zero-order valence-corrected chi connectivity index (χ0v) is 13.9. The first-order valence-corrected chi connectivity index (χ1v) is 8.12. The van der Waals surface area contributed by atoms with E-state index in [0.29, 0.717) is 11.4 Å². The van der Waals surface area contributed by atoms with Crippen molar-refractivity contribution in [2.75, 3.05) is 0 Å². The van der Waals surface area contributed by atoms with Crippen LogP contribution in [0.4, 0.5) is 0 Å². The maximum atomic E-state index is 10.4. The van der Waals surface area contributed by atoms with Gasteiger partial charge in [-0.1, -0.05) is 5.10 Å². The van der Waals surface area contributed by atoms with Crippen LogP contribution < -0.4 is 0 Å². The summed E-state index contributed by atoms with van der Waals surface area (Å²) in [4.78, 5) is 3.06. The molecule has 0 bridgehead atoms. The van der Waals surface area contributed by atoms with Crippen LogP contribution in [-0.2, 0) is 7.05 Å². The molecule has 0 aliphatic heterocycles. The van der Waals surface area contributed by atoms with Crippen molar-refractivity contribution in [1.82, 2.24) is 24.3 Å². The van der Waals surface area contributed by atoms with Gasteiger partial charge in [-0.15, -0.1) is 5.10 Å². The minimum atomic E-state index is -0.233. The standard InChI is InChI=1S/C19H15N5O2/c1-23-7-5-12-8-13(2-3-16(12)23)24-18(21-22-19(24)26)14-9-11-4-6-20-15(11)10-17(14)25/h2-10,20,25H,1H3,(H,22,26). The molecule has 0 saturated carbocycles. The van der Waals surface area contributed by atoms with Crippen LogP contribution in [0.1, 0.15) is 0 Å². The zero-order valence-electron chi connectivity index (χ0n) is 13.9. The Morgan fingerprint density at radius 1 is 0.962 bits per heavy atom. The number of phenolic OH excluding ortho intramolecular Hbond substituents is 1. The molecule has 0 aliphatic carbocycles. The van der Waals surface area contributed by atoms with E-state index in [1.54, 1.807) is 12.3 Å². The highest BCUT2D eigenvalue weighted by atomic mass is 16.3. The Labute approximate surface area is 147 Å². The second-order valence-corrected chi connectivity index (χ2v) is 6.26. The average molecular weight is 345 g/mol. The smallest absolute Gasteiger partial charge is 0.319 e. The largest absolute Gasteiger partial charge is 0.507 e. The van der Waals surface area contributed by atoms with E-state index in [-0.39, 0.29) is 11.8 Å². The summed E-state index contributed by atoms with van der Waals surface area (Å²) in [7, 11) is 1.98. The van der Waals surface area contributed by atoms with E-state index in [4.69, 9.17) is 0 Å². The van der Waals surface area contributed by atoms with Crippen molar-refractivity contribution in [3.05, 3.63) is 54.9 Å². The number of nitrogens with zero attached hydrogens (tertiary/aromatic N) is 4. The molecule has 0 spiro atoms. The van der Waals surface area contributed by atoms with E-state index in [1.807, 2.05) is 54.2 Å². The molecule has 7 heteroatoms. The zero-order chi connectivity index (χ0) is 17.8. The molecule has 0 unspecified atom stereocenters. The van der Waals surface area contributed by atoms with Crippen LogP contribution >= 0.6 is 0 Å². The summed E-state index contributed by atoms with van der Waals surface area (Å²) in [5.74, 6) is 0.438. The molecule has 0 amide bonds. The van der Waals surface area contributed by atoms with Gasteiger partial charge in [0.1, 0.15) is 5.75 Å². The van der Waals surface area contributed by atoms with E-state index >= 15 is 0 Å². The van der Waals surface area contributed by atoms with Crippen LogP contribution in [0.15, 0.2) is 54.9 Å². The third-order valence-electron chi connectivity index (χ3n) is 4.68. The molecule has 3 N–H and O–H groups in total. The molecule has 7 nitrogen and oxygen atoms in total. The number of benzene rings is 2. The van der Waals surface area contributed by atoms with E-state index in [9.17, 15) is 10.2 Å². The van der Waals surface area contributed by atoms with Crippen LogP contribution in [0, 0.1) is 0 Å². The molecule has 5 aromatic rings. The molecule has 3 aromatic heterocycles. The predicted octanol–water partition coefficient (Wildman–Crippen LogP) is 3.32. The van der Waals surface area contributed by atoms with Crippen LogP contribution in [0.25, 0.3) is 38.9 Å². The lowest BCUT2D eigenvalue weighted by Gasteiger charge is -2.10. The second kappa shape index (κ2) is 5.13. The fourth-order valence-electron chi connectivity index (χ4n) is 3.36. The quantitative estimate of drug-likeness (QED) is 0.458. The monoisotopic (exact) mass is 345 g/mol. The molecule has 128 valence electrons. The van der Waals surface area contributed by atoms with Gasteiger partial charge >= 0.3 is 6.01 Å². The summed E-state index contributed by atoms with van der Waals surface area (Å²) < 4.78 is 3.55. The third-order valence-corrected chi connectivity index (χ3v) is 4.68. The predicted molar refractivity (Wildman–Crippen MR) is 98.5 cm³/mol. The van der Waals surface area contributed by atoms with Crippen LogP contribution in [0.5, 0.6) is 11.8 Å². The summed E-state index contributed by atoms with van der Waals surface area (Å²) in [6.45, 7) is 0. The van der Waals surface area contributed by atoms with E-state index in [0.717, 1.165) is 27.5 Å². The van der Waals surface area contributed by atoms with E-state index in [1.165, 1.54) is 4.57 Å². The Bertz CT molecular complexity index is 1280. The summed E-state index contributed by atoms with van der Waals surface area (Å²) in [6, 6.07) is 13.0. The number of hydrogen-bond acceptors (Lipinski definition) is 4. The number of nitrogens with one attached hydrogen (secondary N) is 1. The number of H-pyrrole nitrogens is 1. The van der Waals surface area contributed by atoms with Gasteiger partial charge in [0.15, 0.2) is 5.82 Å². The fourth-order valence-corrected chi connectivity index (χ4v) is 3.36. The summed E-state index contributed by atoms with van der Waals surface area (Å²) >= 11 is 0. The Balaban J connectivity index is 1.74. The lowest BCUT2D eigenvalue weighted by molar-refractivity contribution is 0.420. The van der Waals surface area contributed by atoms with Gasteiger partial charge < -0.3 is 19.8 Å². The van der Waals surface area contributed by atoms with Crippen LogP contribution in [0.3, 0.4) is 0 Å². The highest BCUT2D eigenvalue weighted by Crippen LogP contribution is 2.35. The van der Waals surface area contributed by atoms with Gasteiger partial charge in [-0.2, -0.15) is 0 Å².